The van der Waals surface area contributed by atoms with Gasteiger partial charge in [0.1, 0.15) is 17.4 Å². The van der Waals surface area contributed by atoms with Gasteiger partial charge in [-0.05, 0) is 80.9 Å². The number of rotatable bonds is 15. The fraction of sp³-hybridized carbons (Fsp3) is 0.594. The summed E-state index contributed by atoms with van der Waals surface area (Å²) in [4.78, 5) is 28.7. The number of aliphatic carboxylic acids is 1. The Balaban J connectivity index is 1.15. The van der Waals surface area contributed by atoms with E-state index in [1.165, 1.54) is 52.0 Å². The van der Waals surface area contributed by atoms with Crippen molar-refractivity contribution < 1.29 is 14.6 Å². The van der Waals surface area contributed by atoms with Gasteiger partial charge < -0.3 is 34.5 Å². The number of piperidine rings is 1. The normalized spacial score (nSPS) is 18.2. The smallest absolute Gasteiger partial charge is 0.341 e. The van der Waals surface area contributed by atoms with Crippen molar-refractivity contribution >= 4 is 5.97 Å². The van der Waals surface area contributed by atoms with Crippen LogP contribution >= 0.6 is 0 Å². The number of carboxylic acids is 1. The number of hydrogen-bond acceptors (Lipinski definition) is 7. The van der Waals surface area contributed by atoms with Crippen molar-refractivity contribution in [2.75, 3.05) is 45.9 Å². The lowest BCUT2D eigenvalue weighted by molar-refractivity contribution is -0.139. The van der Waals surface area contributed by atoms with Gasteiger partial charge >= 0.3 is 5.97 Å². The molecule has 0 saturated carbocycles. The van der Waals surface area contributed by atoms with Gasteiger partial charge in [-0.3, -0.25) is 0 Å². The number of ether oxygens (including phenoxy) is 1. The van der Waals surface area contributed by atoms with E-state index in [-0.39, 0.29) is 12.6 Å². The lowest BCUT2D eigenvalue weighted by Gasteiger charge is -2.40. The zero-order chi connectivity index (χ0) is 29.4. The molecule has 228 valence electrons. The molecule has 3 N–H and O–H groups in total. The van der Waals surface area contributed by atoms with Crippen LogP contribution in [0.4, 0.5) is 0 Å². The Morgan fingerprint density at radius 1 is 1.12 bits per heavy atom. The van der Waals surface area contributed by atoms with Crippen LogP contribution in [0.2, 0.25) is 0 Å². The number of carboxylic acid groups (broad SMARTS) is 1. The van der Waals surface area contributed by atoms with Gasteiger partial charge in [-0.2, -0.15) is 0 Å². The first-order chi connectivity index (χ1) is 20.4. The summed E-state index contributed by atoms with van der Waals surface area (Å²) in [6.45, 7) is 13.1. The van der Waals surface area contributed by atoms with E-state index in [1.807, 2.05) is 30.6 Å². The zero-order valence-corrected chi connectivity index (χ0v) is 25.2. The van der Waals surface area contributed by atoms with Gasteiger partial charge in [0, 0.05) is 57.4 Å². The molecule has 2 aromatic heterocycles. The van der Waals surface area contributed by atoms with Crippen LogP contribution < -0.4 is 10.1 Å². The predicted octanol–water partition coefficient (Wildman–Crippen LogP) is 3.98. The van der Waals surface area contributed by atoms with Crippen LogP contribution in [0.25, 0.3) is 0 Å². The average Bonchev–Trinajstić information content (AvgIpc) is 3.74. The summed E-state index contributed by atoms with van der Waals surface area (Å²) in [6, 6.07) is 7.50. The number of aryl methyl sites for hydroxylation is 1. The first-order valence-electron chi connectivity index (χ1n) is 15.5. The van der Waals surface area contributed by atoms with Crippen molar-refractivity contribution in [1.82, 2.24) is 34.6 Å². The van der Waals surface area contributed by atoms with E-state index in [2.05, 4.69) is 49.7 Å². The number of H-pyrrole nitrogens is 1. The van der Waals surface area contributed by atoms with Crippen molar-refractivity contribution in [3.8, 4) is 5.75 Å². The van der Waals surface area contributed by atoms with Crippen LogP contribution in [0.1, 0.15) is 62.8 Å². The highest BCUT2D eigenvalue weighted by Crippen LogP contribution is 2.40. The molecule has 10 heteroatoms. The summed E-state index contributed by atoms with van der Waals surface area (Å²) >= 11 is 0. The largest absolute Gasteiger partial charge is 0.482 e. The molecule has 1 unspecified atom stereocenters. The maximum absolute atomic E-state index is 10.9. The second kappa shape index (κ2) is 14.3. The highest BCUT2D eigenvalue weighted by Gasteiger charge is 2.40. The van der Waals surface area contributed by atoms with Gasteiger partial charge in [0.25, 0.3) is 0 Å². The number of nitrogens with one attached hydrogen (secondary N) is 2. The molecule has 2 saturated heterocycles. The SMILES string of the molecule is CC(C)CN1CCC2(CC1)CCN(CCCn1ccnc1C(Cc1ncc[nH]1)NCc1cccc(OCC(=O)O)c1)C2. The Morgan fingerprint density at radius 3 is 2.67 bits per heavy atom. The number of hydrogen-bond donors (Lipinski definition) is 3. The van der Waals surface area contributed by atoms with Gasteiger partial charge in [-0.1, -0.05) is 26.0 Å². The Kier molecular flexibility index (Phi) is 10.3. The molecule has 10 nitrogen and oxygen atoms in total. The van der Waals surface area contributed by atoms with E-state index < -0.39 is 5.97 Å². The van der Waals surface area contributed by atoms with Crippen LogP contribution in [-0.4, -0.2) is 86.3 Å². The van der Waals surface area contributed by atoms with Gasteiger partial charge in [0.2, 0.25) is 0 Å². The summed E-state index contributed by atoms with van der Waals surface area (Å²) in [6.07, 6.45) is 13.4. The highest BCUT2D eigenvalue weighted by atomic mass is 16.5. The number of aromatic nitrogens is 4. The molecule has 1 spiro atoms. The number of benzene rings is 1. The molecule has 2 aliphatic heterocycles. The molecular weight excluding hydrogens is 530 g/mol. The number of nitrogens with zero attached hydrogens (tertiary/aromatic N) is 5. The molecule has 0 aliphatic carbocycles. The third-order valence-corrected chi connectivity index (χ3v) is 8.76. The molecule has 1 atom stereocenters. The minimum atomic E-state index is -0.990. The van der Waals surface area contributed by atoms with Crippen molar-refractivity contribution in [3.05, 3.63) is 66.3 Å². The minimum absolute atomic E-state index is 0.0409. The molecule has 3 aromatic rings. The molecule has 0 radical (unpaired) electrons. The number of aromatic amines is 1. The summed E-state index contributed by atoms with van der Waals surface area (Å²) in [5.41, 5.74) is 1.54. The number of carbonyl (C=O) groups is 1. The first kappa shape index (κ1) is 30.3. The third kappa shape index (κ3) is 8.42. The van der Waals surface area contributed by atoms with Crippen LogP contribution in [-0.2, 0) is 24.3 Å². The third-order valence-electron chi connectivity index (χ3n) is 8.76. The Labute approximate surface area is 249 Å². The molecule has 2 fully saturated rings. The van der Waals surface area contributed by atoms with E-state index in [1.54, 1.807) is 12.3 Å². The number of likely N-dealkylation sites (tertiary alicyclic amines) is 2. The molecule has 0 amide bonds. The summed E-state index contributed by atoms with van der Waals surface area (Å²) in [7, 11) is 0. The molecule has 1 aromatic carbocycles. The second-order valence-electron chi connectivity index (χ2n) is 12.6. The highest BCUT2D eigenvalue weighted by molar-refractivity contribution is 5.68. The standard InChI is InChI=1S/C32H47N7O3/c1-25(2)22-37-15-7-32(8-16-37)9-17-38(24-32)13-4-14-39-18-12-35-31(39)28(20-29-33-10-11-34-29)36-21-26-5-3-6-27(19-26)42-23-30(40)41/h3,5-6,10-12,18-19,25,28,36H,4,7-9,13-17,20-24H2,1-2H3,(H,33,34)(H,40,41). The van der Waals surface area contributed by atoms with Crippen molar-refractivity contribution in [1.29, 1.82) is 0 Å². The van der Waals surface area contributed by atoms with Crippen LogP contribution in [0.5, 0.6) is 5.75 Å². The maximum atomic E-state index is 10.9. The van der Waals surface area contributed by atoms with E-state index in [0.717, 1.165) is 42.6 Å². The van der Waals surface area contributed by atoms with Gasteiger partial charge in [-0.25, -0.2) is 14.8 Å². The van der Waals surface area contributed by atoms with Crippen molar-refractivity contribution in [2.24, 2.45) is 11.3 Å². The second-order valence-corrected chi connectivity index (χ2v) is 12.6. The number of imidazole rings is 2. The van der Waals surface area contributed by atoms with Crippen LogP contribution in [0, 0.1) is 11.3 Å². The zero-order valence-electron chi connectivity index (χ0n) is 25.2. The fourth-order valence-electron chi connectivity index (χ4n) is 6.63. The molecule has 4 heterocycles. The average molecular weight is 578 g/mol. The van der Waals surface area contributed by atoms with Gasteiger partial charge in [-0.15, -0.1) is 0 Å². The summed E-state index contributed by atoms with van der Waals surface area (Å²) in [5, 5.41) is 12.6. The summed E-state index contributed by atoms with van der Waals surface area (Å²) < 4.78 is 7.65. The Bertz CT molecular complexity index is 1250. The molecule has 0 bridgehead atoms. The molecular formula is C32H47N7O3. The lowest BCUT2D eigenvalue weighted by Crippen LogP contribution is -2.42. The Hall–Kier alpha value is -3.21. The van der Waals surface area contributed by atoms with Gasteiger partial charge in [0.05, 0.1) is 6.04 Å². The first-order valence-corrected chi connectivity index (χ1v) is 15.5. The van der Waals surface area contributed by atoms with E-state index >= 15 is 0 Å². The molecule has 2 aliphatic rings. The molecule has 5 rings (SSSR count). The monoisotopic (exact) mass is 577 g/mol. The topological polar surface area (TPSA) is 112 Å². The summed E-state index contributed by atoms with van der Waals surface area (Å²) in [5.74, 6) is 2.21. The maximum Gasteiger partial charge on any atom is 0.341 e. The van der Waals surface area contributed by atoms with Crippen molar-refractivity contribution in [3.63, 3.8) is 0 Å². The van der Waals surface area contributed by atoms with E-state index in [0.29, 0.717) is 24.1 Å². The predicted molar refractivity (Wildman–Crippen MR) is 162 cm³/mol. The minimum Gasteiger partial charge on any atom is -0.482 e. The fourth-order valence-corrected chi connectivity index (χ4v) is 6.63. The van der Waals surface area contributed by atoms with Crippen LogP contribution in [0.3, 0.4) is 0 Å². The van der Waals surface area contributed by atoms with Crippen molar-refractivity contribution in [2.45, 2.75) is 65.1 Å². The van der Waals surface area contributed by atoms with E-state index in [4.69, 9.17) is 14.8 Å². The molecule has 42 heavy (non-hydrogen) atoms. The van der Waals surface area contributed by atoms with Gasteiger partial charge in [0.15, 0.2) is 6.61 Å². The van der Waals surface area contributed by atoms with Crippen LogP contribution in [0.15, 0.2) is 49.1 Å². The van der Waals surface area contributed by atoms with E-state index in [9.17, 15) is 4.79 Å². The quantitative estimate of drug-likeness (QED) is 0.249. The Morgan fingerprint density at radius 2 is 1.93 bits per heavy atom. The lowest BCUT2D eigenvalue weighted by atomic mass is 9.77.